The summed E-state index contributed by atoms with van der Waals surface area (Å²) in [6.45, 7) is 8.16. The molecular formula is C18H23NS. The largest absolute Gasteiger partial charge is 0.299 e. The summed E-state index contributed by atoms with van der Waals surface area (Å²) in [5, 5.41) is 0. The fraction of sp³-hybridized carbons (Fsp3) is 0.444. The lowest BCUT2D eigenvalue weighted by atomic mass is 10.1. The van der Waals surface area contributed by atoms with Crippen LogP contribution in [-0.4, -0.2) is 18.0 Å². The first-order chi connectivity index (χ1) is 9.74. The van der Waals surface area contributed by atoms with Gasteiger partial charge in [-0.15, -0.1) is 11.3 Å². The van der Waals surface area contributed by atoms with Crippen molar-refractivity contribution in [2.75, 3.05) is 13.1 Å². The van der Waals surface area contributed by atoms with Crippen molar-refractivity contribution in [1.29, 1.82) is 0 Å². The van der Waals surface area contributed by atoms with Gasteiger partial charge in [0, 0.05) is 16.3 Å². The van der Waals surface area contributed by atoms with Crippen molar-refractivity contribution in [3.8, 4) is 10.4 Å². The molecule has 0 amide bonds. The molecule has 0 saturated carbocycles. The number of thiophene rings is 1. The van der Waals surface area contributed by atoms with Crippen molar-refractivity contribution >= 4 is 11.3 Å². The van der Waals surface area contributed by atoms with E-state index in [2.05, 4.69) is 55.1 Å². The quantitative estimate of drug-likeness (QED) is 0.752. The Morgan fingerprint density at radius 3 is 2.50 bits per heavy atom. The fourth-order valence-electron chi connectivity index (χ4n) is 2.89. The molecule has 0 radical (unpaired) electrons. The molecular weight excluding hydrogens is 262 g/mol. The molecule has 0 unspecified atom stereocenters. The van der Waals surface area contributed by atoms with Crippen LogP contribution in [-0.2, 0) is 6.54 Å². The first kappa shape index (κ1) is 13.8. The Kier molecular flexibility index (Phi) is 4.23. The molecule has 1 saturated heterocycles. The summed E-state index contributed by atoms with van der Waals surface area (Å²) in [6, 6.07) is 13.5. The first-order valence-electron chi connectivity index (χ1n) is 7.64. The molecule has 1 fully saturated rings. The van der Waals surface area contributed by atoms with Gasteiger partial charge in [-0.3, -0.25) is 4.90 Å². The van der Waals surface area contributed by atoms with Crippen LogP contribution in [0.3, 0.4) is 0 Å². The molecule has 1 aromatic heterocycles. The molecule has 0 aliphatic carbocycles. The van der Waals surface area contributed by atoms with Gasteiger partial charge in [-0.25, -0.2) is 0 Å². The summed E-state index contributed by atoms with van der Waals surface area (Å²) >= 11 is 1.95. The van der Waals surface area contributed by atoms with Crippen molar-refractivity contribution < 1.29 is 0 Å². The number of rotatable bonds is 4. The molecule has 1 nitrogen and oxygen atoms in total. The van der Waals surface area contributed by atoms with Crippen molar-refractivity contribution in [2.45, 2.75) is 39.2 Å². The molecule has 0 spiro atoms. The van der Waals surface area contributed by atoms with Crippen LogP contribution in [0.15, 0.2) is 36.4 Å². The van der Waals surface area contributed by atoms with E-state index in [0.29, 0.717) is 5.92 Å². The molecule has 1 aromatic carbocycles. The monoisotopic (exact) mass is 285 g/mol. The van der Waals surface area contributed by atoms with E-state index in [-0.39, 0.29) is 0 Å². The lowest BCUT2D eigenvalue weighted by Gasteiger charge is -2.17. The number of hydrogen-bond donors (Lipinski definition) is 0. The van der Waals surface area contributed by atoms with E-state index >= 15 is 0 Å². The second-order valence-electron chi connectivity index (χ2n) is 6.00. The number of benzene rings is 1. The molecule has 2 heterocycles. The maximum atomic E-state index is 2.58. The summed E-state index contributed by atoms with van der Waals surface area (Å²) in [4.78, 5) is 5.48. The Labute approximate surface area is 126 Å². The molecule has 2 heteroatoms. The Bertz CT molecular complexity index is 564. The third-order valence-electron chi connectivity index (χ3n) is 4.07. The molecule has 2 aromatic rings. The van der Waals surface area contributed by atoms with E-state index in [9.17, 15) is 0 Å². The van der Waals surface area contributed by atoms with E-state index in [0.717, 1.165) is 6.54 Å². The highest BCUT2D eigenvalue weighted by molar-refractivity contribution is 7.15. The van der Waals surface area contributed by atoms with Crippen LogP contribution in [0.5, 0.6) is 0 Å². The van der Waals surface area contributed by atoms with Crippen molar-refractivity contribution in [2.24, 2.45) is 0 Å². The smallest absolute Gasteiger partial charge is 0.0349 e. The highest BCUT2D eigenvalue weighted by Gasteiger charge is 2.15. The van der Waals surface area contributed by atoms with Gasteiger partial charge in [-0.2, -0.15) is 0 Å². The van der Waals surface area contributed by atoms with E-state index in [1.165, 1.54) is 46.8 Å². The second kappa shape index (κ2) is 6.11. The van der Waals surface area contributed by atoms with Crippen LogP contribution >= 0.6 is 11.3 Å². The van der Waals surface area contributed by atoms with Gasteiger partial charge in [0.25, 0.3) is 0 Å². The van der Waals surface area contributed by atoms with Crippen molar-refractivity contribution in [3.05, 3.63) is 46.8 Å². The minimum atomic E-state index is 0.625. The Morgan fingerprint density at radius 2 is 1.80 bits per heavy atom. The molecule has 1 aliphatic rings. The average Bonchev–Trinajstić information content (AvgIpc) is 3.10. The summed E-state index contributed by atoms with van der Waals surface area (Å²) in [5.41, 5.74) is 2.91. The summed E-state index contributed by atoms with van der Waals surface area (Å²) in [7, 11) is 0. The maximum absolute atomic E-state index is 2.58. The second-order valence-corrected chi connectivity index (χ2v) is 7.11. The highest BCUT2D eigenvalue weighted by atomic mass is 32.1. The summed E-state index contributed by atoms with van der Waals surface area (Å²) < 4.78 is 0. The van der Waals surface area contributed by atoms with E-state index in [1.807, 2.05) is 11.3 Å². The number of likely N-dealkylation sites (tertiary alicyclic amines) is 1. The first-order valence-corrected chi connectivity index (χ1v) is 8.46. The van der Waals surface area contributed by atoms with Crippen LogP contribution in [0, 0.1) is 0 Å². The van der Waals surface area contributed by atoms with E-state index in [4.69, 9.17) is 0 Å². The third kappa shape index (κ3) is 2.97. The average molecular weight is 285 g/mol. The van der Waals surface area contributed by atoms with Crippen LogP contribution in [0.25, 0.3) is 10.4 Å². The SMILES string of the molecule is CC(C)c1ccc(-c2ccccc2CN2CCCC2)s1. The number of hydrogen-bond acceptors (Lipinski definition) is 2. The zero-order valence-electron chi connectivity index (χ0n) is 12.4. The van der Waals surface area contributed by atoms with E-state index in [1.54, 1.807) is 0 Å². The normalized spacial score (nSPS) is 16.1. The lowest BCUT2D eigenvalue weighted by Crippen LogP contribution is -2.18. The van der Waals surface area contributed by atoms with Gasteiger partial charge in [0.1, 0.15) is 0 Å². The topological polar surface area (TPSA) is 3.24 Å². The molecule has 0 atom stereocenters. The molecule has 1 aliphatic heterocycles. The van der Waals surface area contributed by atoms with Gasteiger partial charge in [0.15, 0.2) is 0 Å². The summed E-state index contributed by atoms with van der Waals surface area (Å²) in [6.07, 6.45) is 2.72. The molecule has 106 valence electrons. The minimum absolute atomic E-state index is 0.625. The van der Waals surface area contributed by atoms with Crippen LogP contribution in [0.2, 0.25) is 0 Å². The van der Waals surface area contributed by atoms with Crippen molar-refractivity contribution in [3.63, 3.8) is 0 Å². The Balaban J connectivity index is 1.87. The van der Waals surface area contributed by atoms with Crippen LogP contribution in [0.1, 0.15) is 43.0 Å². The zero-order valence-corrected chi connectivity index (χ0v) is 13.2. The fourth-order valence-corrected chi connectivity index (χ4v) is 3.96. The molecule has 3 rings (SSSR count). The van der Waals surface area contributed by atoms with Gasteiger partial charge in [0.05, 0.1) is 0 Å². The van der Waals surface area contributed by atoms with Crippen LogP contribution < -0.4 is 0 Å². The molecule has 20 heavy (non-hydrogen) atoms. The highest BCUT2D eigenvalue weighted by Crippen LogP contribution is 2.34. The van der Waals surface area contributed by atoms with E-state index < -0.39 is 0 Å². The zero-order chi connectivity index (χ0) is 13.9. The lowest BCUT2D eigenvalue weighted by molar-refractivity contribution is 0.332. The number of nitrogens with zero attached hydrogens (tertiary/aromatic N) is 1. The Hall–Kier alpha value is -1.12. The van der Waals surface area contributed by atoms with Crippen LogP contribution in [0.4, 0.5) is 0 Å². The van der Waals surface area contributed by atoms with Crippen molar-refractivity contribution in [1.82, 2.24) is 4.90 Å². The standard InChI is InChI=1S/C18H23NS/c1-14(2)17-9-10-18(20-17)16-8-4-3-7-15(16)13-19-11-5-6-12-19/h3-4,7-10,14H,5-6,11-13H2,1-2H3. The van der Waals surface area contributed by atoms with Gasteiger partial charge in [-0.05, 0) is 55.1 Å². The van der Waals surface area contributed by atoms with Gasteiger partial charge >= 0.3 is 0 Å². The Morgan fingerprint density at radius 1 is 1.05 bits per heavy atom. The predicted octanol–water partition coefficient (Wildman–Crippen LogP) is 5.13. The van der Waals surface area contributed by atoms with Gasteiger partial charge < -0.3 is 0 Å². The van der Waals surface area contributed by atoms with Gasteiger partial charge in [0.2, 0.25) is 0 Å². The summed E-state index contributed by atoms with van der Waals surface area (Å²) in [5.74, 6) is 0.625. The predicted molar refractivity (Wildman–Crippen MR) is 88.4 cm³/mol. The van der Waals surface area contributed by atoms with Gasteiger partial charge in [-0.1, -0.05) is 38.1 Å². The minimum Gasteiger partial charge on any atom is -0.299 e. The maximum Gasteiger partial charge on any atom is 0.0349 e. The third-order valence-corrected chi connectivity index (χ3v) is 5.49. The molecule has 0 bridgehead atoms. The molecule has 0 N–H and O–H groups in total.